The third-order valence-electron chi connectivity index (χ3n) is 5.74. The summed E-state index contributed by atoms with van der Waals surface area (Å²) in [5.74, 6) is 0.0622. The first kappa shape index (κ1) is 25.5. The normalized spacial score (nSPS) is 18.6. The molecule has 1 aliphatic carbocycles. The molecule has 32 heavy (non-hydrogen) atoms. The average Bonchev–Trinajstić information content (AvgIpc) is 3.40. The van der Waals surface area contributed by atoms with Crippen LogP contribution in [0.2, 0.25) is 0 Å². The van der Waals surface area contributed by atoms with E-state index >= 15 is 0 Å². The van der Waals surface area contributed by atoms with Crippen LogP contribution < -0.4 is 9.64 Å². The van der Waals surface area contributed by atoms with Crippen LogP contribution in [0.5, 0.6) is 5.75 Å². The lowest BCUT2D eigenvalue weighted by Gasteiger charge is -2.13. The monoisotopic (exact) mass is 446 g/mol. The smallest absolute Gasteiger partial charge is 0.338 e. The van der Waals surface area contributed by atoms with Gasteiger partial charge in [-0.05, 0) is 52.2 Å². The van der Waals surface area contributed by atoms with Gasteiger partial charge in [0.1, 0.15) is 17.6 Å². The van der Waals surface area contributed by atoms with Gasteiger partial charge < -0.3 is 14.4 Å². The Kier molecular flexibility index (Phi) is 9.77. The molecule has 4 amide bonds. The Hall–Kier alpha value is -2.81. The third-order valence-corrected chi connectivity index (χ3v) is 5.74. The number of carbonyl (C=O) groups is 4. The van der Waals surface area contributed by atoms with Crippen LogP contribution in [0.3, 0.4) is 0 Å². The van der Waals surface area contributed by atoms with E-state index < -0.39 is 11.6 Å². The first-order valence-corrected chi connectivity index (χ1v) is 11.2. The van der Waals surface area contributed by atoms with Crippen molar-refractivity contribution in [1.29, 1.82) is 0 Å². The number of urea groups is 1. The van der Waals surface area contributed by atoms with Gasteiger partial charge in [-0.25, -0.2) is 9.69 Å². The van der Waals surface area contributed by atoms with Crippen molar-refractivity contribution in [2.75, 3.05) is 32.1 Å². The lowest BCUT2D eigenvalue weighted by atomic mass is 10.2. The molecule has 1 aromatic heterocycles. The number of likely N-dealkylation sites (tertiary alicyclic amines) is 1. The van der Waals surface area contributed by atoms with Gasteiger partial charge in [0.15, 0.2) is 0 Å². The minimum Gasteiger partial charge on any atom is -0.495 e. The van der Waals surface area contributed by atoms with Gasteiger partial charge in [0, 0.05) is 12.5 Å². The van der Waals surface area contributed by atoms with Gasteiger partial charge in [-0.15, -0.1) is 0 Å². The number of unbranched alkanes of at least 4 members (excludes halogenated alkanes) is 3. The topological polar surface area (TPSA) is 100 Å². The molecule has 0 unspecified atom stereocenters. The van der Waals surface area contributed by atoms with E-state index in [2.05, 4.69) is 23.9 Å². The second-order valence-electron chi connectivity index (χ2n) is 8.19. The zero-order chi connectivity index (χ0) is 23.6. The van der Waals surface area contributed by atoms with Crippen molar-refractivity contribution in [2.24, 2.45) is 0 Å². The van der Waals surface area contributed by atoms with Crippen molar-refractivity contribution >= 4 is 30.3 Å². The molecule has 1 saturated carbocycles. The third kappa shape index (κ3) is 6.12. The Morgan fingerprint density at radius 2 is 1.81 bits per heavy atom. The van der Waals surface area contributed by atoms with Crippen LogP contribution in [0.15, 0.2) is 18.5 Å². The number of hydrogen-bond acceptors (Lipinski definition) is 7. The van der Waals surface area contributed by atoms with E-state index in [1.54, 1.807) is 0 Å². The summed E-state index contributed by atoms with van der Waals surface area (Å²) in [5.41, 5.74) is -0.646. The summed E-state index contributed by atoms with van der Waals surface area (Å²) in [6.07, 6.45) is 12.3. The molecule has 0 radical (unpaired) electrons. The maximum atomic E-state index is 12.3. The SMILES string of the molecule is CCCCCC=O.CN1CCCC1.COc1cncc(N2C(=O)N(C=O)C3(CC3)C2=O)c1. The second kappa shape index (κ2) is 12.3. The summed E-state index contributed by atoms with van der Waals surface area (Å²) in [6.45, 7) is 4.77. The van der Waals surface area contributed by atoms with Crippen molar-refractivity contribution in [3.63, 3.8) is 0 Å². The predicted octanol–water partition coefficient (Wildman–Crippen LogP) is 3.03. The number of anilines is 1. The quantitative estimate of drug-likeness (QED) is 0.360. The van der Waals surface area contributed by atoms with Gasteiger partial charge in [0.2, 0.25) is 6.41 Å². The van der Waals surface area contributed by atoms with Crippen molar-refractivity contribution in [3.05, 3.63) is 18.5 Å². The van der Waals surface area contributed by atoms with Crippen LogP contribution >= 0.6 is 0 Å². The fourth-order valence-electron chi connectivity index (χ4n) is 3.63. The maximum Gasteiger partial charge on any atom is 0.338 e. The molecule has 0 atom stereocenters. The van der Waals surface area contributed by atoms with E-state index in [4.69, 9.17) is 4.74 Å². The van der Waals surface area contributed by atoms with Gasteiger partial charge >= 0.3 is 6.03 Å². The van der Waals surface area contributed by atoms with Crippen LogP contribution in [0, 0.1) is 0 Å². The van der Waals surface area contributed by atoms with Gasteiger partial charge in [-0.2, -0.15) is 0 Å². The van der Waals surface area contributed by atoms with Gasteiger partial charge in [-0.3, -0.25) is 19.5 Å². The largest absolute Gasteiger partial charge is 0.495 e. The molecule has 3 aliphatic rings. The summed E-state index contributed by atoms with van der Waals surface area (Å²) in [5, 5.41) is 0. The molecule has 1 spiro atoms. The molecule has 9 heteroatoms. The van der Waals surface area contributed by atoms with Crippen molar-refractivity contribution in [3.8, 4) is 5.75 Å². The van der Waals surface area contributed by atoms with E-state index in [1.165, 1.54) is 64.3 Å². The molecule has 3 fully saturated rings. The molecular weight excluding hydrogens is 412 g/mol. The van der Waals surface area contributed by atoms with E-state index in [-0.39, 0.29) is 5.91 Å². The van der Waals surface area contributed by atoms with Gasteiger partial charge in [0.05, 0.1) is 25.2 Å². The van der Waals surface area contributed by atoms with Crippen molar-refractivity contribution in [2.45, 2.75) is 63.8 Å². The summed E-state index contributed by atoms with van der Waals surface area (Å²) < 4.78 is 5.01. The Morgan fingerprint density at radius 1 is 1.12 bits per heavy atom. The van der Waals surface area contributed by atoms with E-state index in [0.29, 0.717) is 30.7 Å². The first-order chi connectivity index (χ1) is 15.4. The molecule has 9 nitrogen and oxygen atoms in total. The Morgan fingerprint density at radius 3 is 2.25 bits per heavy atom. The zero-order valence-electron chi connectivity index (χ0n) is 19.3. The molecular formula is C23H34N4O5. The fraction of sp³-hybridized carbons (Fsp3) is 0.609. The number of methoxy groups -OCH3 is 1. The number of ether oxygens (including phenoxy) is 1. The first-order valence-electron chi connectivity index (χ1n) is 11.2. The number of pyridine rings is 1. The van der Waals surface area contributed by atoms with E-state index in [9.17, 15) is 19.2 Å². The molecule has 0 aromatic carbocycles. The molecule has 1 aromatic rings. The fourth-order valence-corrected chi connectivity index (χ4v) is 3.63. The number of hydrogen-bond donors (Lipinski definition) is 0. The highest BCUT2D eigenvalue weighted by Gasteiger charge is 2.65. The molecule has 4 rings (SSSR count). The molecule has 2 saturated heterocycles. The molecule has 176 valence electrons. The number of amides is 4. The molecule has 2 aliphatic heterocycles. The molecule has 0 N–H and O–H groups in total. The van der Waals surface area contributed by atoms with Crippen molar-refractivity contribution < 1.29 is 23.9 Å². The number of imide groups is 2. The van der Waals surface area contributed by atoms with Crippen LogP contribution in [0.25, 0.3) is 0 Å². The lowest BCUT2D eigenvalue weighted by molar-refractivity contribution is -0.126. The van der Waals surface area contributed by atoms with Crippen LogP contribution in [-0.4, -0.2) is 72.2 Å². The van der Waals surface area contributed by atoms with Crippen LogP contribution in [-0.2, 0) is 14.4 Å². The Balaban J connectivity index is 0.000000229. The minimum absolute atomic E-state index is 0.310. The molecule has 0 bridgehead atoms. The highest BCUT2D eigenvalue weighted by atomic mass is 16.5. The number of nitrogens with zero attached hydrogens (tertiary/aromatic N) is 4. The summed E-state index contributed by atoms with van der Waals surface area (Å²) in [7, 11) is 3.64. The van der Waals surface area contributed by atoms with Crippen LogP contribution in [0.1, 0.15) is 58.3 Å². The number of carbonyl (C=O) groups excluding carboxylic acids is 4. The summed E-state index contributed by atoms with van der Waals surface area (Å²) in [4.78, 5) is 53.3. The molecule has 3 heterocycles. The maximum absolute atomic E-state index is 12.3. The zero-order valence-corrected chi connectivity index (χ0v) is 19.3. The van der Waals surface area contributed by atoms with E-state index in [0.717, 1.165) is 28.9 Å². The van der Waals surface area contributed by atoms with E-state index in [1.807, 2.05) is 0 Å². The predicted molar refractivity (Wildman–Crippen MR) is 120 cm³/mol. The lowest BCUT2D eigenvalue weighted by Crippen LogP contribution is -2.35. The number of aromatic nitrogens is 1. The van der Waals surface area contributed by atoms with Crippen molar-refractivity contribution in [1.82, 2.24) is 14.8 Å². The Bertz CT molecular complexity index is 790. The number of rotatable bonds is 7. The highest BCUT2D eigenvalue weighted by Crippen LogP contribution is 2.48. The second-order valence-corrected chi connectivity index (χ2v) is 8.19. The summed E-state index contributed by atoms with van der Waals surface area (Å²) >= 11 is 0. The average molecular weight is 447 g/mol. The number of aldehydes is 1. The van der Waals surface area contributed by atoms with Gasteiger partial charge in [0.25, 0.3) is 5.91 Å². The minimum atomic E-state index is -0.956. The standard InChI is InChI=1S/C12H11N3O4.C6H12O.C5H11N/c1-19-9-4-8(5-13-6-9)15-10(17)12(2-3-12)14(7-16)11(15)18;1-2-3-4-5-6-7;1-6-4-2-3-5-6/h4-7H,2-3H2,1H3;6H,2-5H2,1H3;2-5H2,1H3. The summed E-state index contributed by atoms with van der Waals surface area (Å²) in [6, 6.07) is 0.903. The highest BCUT2D eigenvalue weighted by molar-refractivity contribution is 6.26. The Labute approximate surface area is 189 Å². The van der Waals surface area contributed by atoms with Gasteiger partial charge in [-0.1, -0.05) is 19.8 Å². The van der Waals surface area contributed by atoms with Crippen LogP contribution in [0.4, 0.5) is 10.5 Å².